The van der Waals surface area contributed by atoms with E-state index in [9.17, 15) is 49.1 Å². The largest absolute Gasteiger partial charge is 0.459 e. The number of rotatable bonds is 4. The number of alkyl halides is 8. The summed E-state index contributed by atoms with van der Waals surface area (Å²) in [4.78, 5) is 23.3. The van der Waals surface area contributed by atoms with Gasteiger partial charge in [-0.2, -0.15) is 40.2 Å². The zero-order chi connectivity index (χ0) is 23.2. The lowest BCUT2D eigenvalue weighted by atomic mass is 10.1. The van der Waals surface area contributed by atoms with Gasteiger partial charge in [0.25, 0.3) is 11.8 Å². The predicted molar refractivity (Wildman–Crippen MR) is 81.0 cm³/mol. The van der Waals surface area contributed by atoms with E-state index in [0.29, 0.717) is 19.2 Å². The van der Waals surface area contributed by atoms with Crippen LogP contribution in [0, 0.1) is 5.82 Å². The van der Waals surface area contributed by atoms with Crippen LogP contribution in [0.4, 0.5) is 45.2 Å². The lowest BCUT2D eigenvalue weighted by Gasteiger charge is -2.19. The molecule has 15 heteroatoms. The first-order valence-electron chi connectivity index (χ1n) is 7.48. The van der Waals surface area contributed by atoms with Crippen molar-refractivity contribution in [2.24, 2.45) is 12.8 Å². The molecule has 0 atom stereocenters. The molecule has 0 aliphatic heterocycles. The Morgan fingerprint density at radius 3 is 2.10 bits per heavy atom. The first kappa shape index (κ1) is 23.0. The van der Waals surface area contributed by atoms with Gasteiger partial charge in [0.2, 0.25) is 0 Å². The monoisotopic (exact) mass is 448 g/mol. The number of carbonyl (C=O) groups excluding carboxylic acids is 2. The Bertz CT molecular complexity index is 1010. The minimum Gasteiger partial charge on any atom is -0.366 e. The van der Waals surface area contributed by atoms with E-state index < -0.39 is 64.1 Å². The lowest BCUT2D eigenvalue weighted by Crippen LogP contribution is -2.36. The Balaban J connectivity index is 2.61. The van der Waals surface area contributed by atoms with Crippen molar-refractivity contribution >= 4 is 17.5 Å². The van der Waals surface area contributed by atoms with Crippen LogP contribution in [0.1, 0.15) is 32.1 Å². The van der Waals surface area contributed by atoms with Crippen molar-refractivity contribution in [2.75, 3.05) is 5.32 Å². The quantitative estimate of drug-likeness (QED) is 0.701. The smallest absolute Gasteiger partial charge is 0.366 e. The van der Waals surface area contributed by atoms with Crippen molar-refractivity contribution in [3.05, 3.63) is 46.5 Å². The van der Waals surface area contributed by atoms with Crippen molar-refractivity contribution in [1.82, 2.24) is 9.78 Å². The first-order chi connectivity index (χ1) is 13.5. The fraction of sp³-hybridized carbons (Fsp3) is 0.267. The summed E-state index contributed by atoms with van der Waals surface area (Å²) in [6.45, 7) is 0. The number of halogens is 9. The van der Waals surface area contributed by atoms with Gasteiger partial charge in [-0.3, -0.25) is 14.3 Å². The molecule has 2 rings (SSSR count). The normalized spacial score (nSPS) is 12.7. The van der Waals surface area contributed by atoms with E-state index in [0.717, 1.165) is 6.07 Å². The van der Waals surface area contributed by atoms with Gasteiger partial charge in [-0.05, 0) is 18.2 Å². The Kier molecular flexibility index (Phi) is 5.53. The van der Waals surface area contributed by atoms with E-state index in [4.69, 9.17) is 5.73 Å². The number of nitrogens with two attached hydrogens (primary N) is 1. The van der Waals surface area contributed by atoms with Crippen LogP contribution in [0.5, 0.6) is 0 Å². The number of aromatic nitrogens is 2. The third-order valence-corrected chi connectivity index (χ3v) is 3.69. The van der Waals surface area contributed by atoms with Crippen molar-refractivity contribution in [1.29, 1.82) is 0 Å². The van der Waals surface area contributed by atoms with Gasteiger partial charge in [-0.25, -0.2) is 4.39 Å². The maximum Gasteiger partial charge on any atom is 0.459 e. The second-order valence-corrected chi connectivity index (χ2v) is 5.78. The summed E-state index contributed by atoms with van der Waals surface area (Å²) >= 11 is 0. The average Bonchev–Trinajstić information content (AvgIpc) is 2.93. The molecule has 0 aliphatic rings. The van der Waals surface area contributed by atoms with Crippen LogP contribution in [0.15, 0.2) is 18.2 Å². The number of nitrogens with one attached hydrogen (secondary N) is 1. The Hall–Kier alpha value is -3.26. The topological polar surface area (TPSA) is 90.0 Å². The van der Waals surface area contributed by atoms with Gasteiger partial charge in [-0.15, -0.1) is 0 Å². The van der Waals surface area contributed by atoms with Gasteiger partial charge in [-0.1, -0.05) is 0 Å². The van der Waals surface area contributed by atoms with Crippen LogP contribution in [0.25, 0.3) is 0 Å². The Morgan fingerprint density at radius 1 is 1.07 bits per heavy atom. The molecule has 0 saturated heterocycles. The zero-order valence-electron chi connectivity index (χ0n) is 14.4. The molecule has 0 fully saturated rings. The van der Waals surface area contributed by atoms with Crippen LogP contribution in [-0.2, 0) is 19.1 Å². The molecule has 30 heavy (non-hydrogen) atoms. The third-order valence-electron chi connectivity index (χ3n) is 3.69. The maximum atomic E-state index is 13.6. The highest BCUT2D eigenvalue weighted by atomic mass is 19.4. The number of aryl methyl sites for hydroxylation is 1. The van der Waals surface area contributed by atoms with E-state index in [-0.39, 0.29) is 4.68 Å². The van der Waals surface area contributed by atoms with E-state index in [1.165, 1.54) is 0 Å². The van der Waals surface area contributed by atoms with Crippen molar-refractivity contribution in [3.8, 4) is 0 Å². The molecule has 0 unspecified atom stereocenters. The van der Waals surface area contributed by atoms with Crippen LogP contribution in [0.3, 0.4) is 0 Å². The van der Waals surface area contributed by atoms with Crippen LogP contribution >= 0.6 is 0 Å². The average molecular weight is 448 g/mol. The molecule has 3 N–H and O–H groups in total. The van der Waals surface area contributed by atoms with E-state index in [2.05, 4.69) is 5.10 Å². The van der Waals surface area contributed by atoms with Gasteiger partial charge in [0, 0.05) is 12.7 Å². The summed E-state index contributed by atoms with van der Waals surface area (Å²) in [5.74, 6) is -10.3. The standard InChI is InChI=1S/C15H9F9N4O2/c1-28-9(12(30)26-5-2-3-7(16)6(4-5)11(25)29)8(14(19,20)21)10(27-28)13(17,18)15(22,23)24/h2-4H,1H3,(H2,25,29)(H,26,30). The molecular formula is C15H9F9N4O2. The molecule has 2 amide bonds. The second kappa shape index (κ2) is 7.21. The number of carbonyl (C=O) groups is 2. The Labute approximate surface area is 160 Å². The molecule has 1 aromatic carbocycles. The number of benzene rings is 1. The summed E-state index contributed by atoms with van der Waals surface area (Å²) in [6, 6.07) is 2.03. The van der Waals surface area contributed by atoms with Crippen LogP contribution in [-0.4, -0.2) is 27.8 Å². The molecule has 6 nitrogen and oxygen atoms in total. The highest BCUT2D eigenvalue weighted by Gasteiger charge is 2.64. The lowest BCUT2D eigenvalue weighted by molar-refractivity contribution is -0.292. The number of amides is 2. The molecule has 0 bridgehead atoms. The summed E-state index contributed by atoms with van der Waals surface area (Å²) in [6.07, 6.45) is -12.3. The molecule has 0 radical (unpaired) electrons. The number of primary amides is 1. The molecule has 1 aromatic heterocycles. The first-order valence-corrected chi connectivity index (χ1v) is 7.48. The Morgan fingerprint density at radius 2 is 1.63 bits per heavy atom. The third kappa shape index (κ3) is 4.04. The van der Waals surface area contributed by atoms with Crippen molar-refractivity contribution in [2.45, 2.75) is 18.3 Å². The van der Waals surface area contributed by atoms with Gasteiger partial charge in [0.1, 0.15) is 17.1 Å². The summed E-state index contributed by atoms with van der Waals surface area (Å²) < 4.78 is 118. The van der Waals surface area contributed by atoms with Gasteiger partial charge in [0.15, 0.2) is 5.69 Å². The summed E-state index contributed by atoms with van der Waals surface area (Å²) in [7, 11) is 0.541. The molecule has 164 valence electrons. The molecule has 0 saturated carbocycles. The minimum absolute atomic E-state index is 0.105. The molecule has 1 heterocycles. The van der Waals surface area contributed by atoms with Crippen molar-refractivity contribution < 1.29 is 49.1 Å². The number of hydrogen-bond donors (Lipinski definition) is 2. The predicted octanol–water partition coefficient (Wildman–Crippen LogP) is 3.58. The maximum absolute atomic E-state index is 13.6. The molecular weight excluding hydrogens is 439 g/mol. The zero-order valence-corrected chi connectivity index (χ0v) is 14.4. The number of anilines is 1. The highest BCUT2D eigenvalue weighted by Crippen LogP contribution is 2.48. The molecule has 0 aliphatic carbocycles. The van der Waals surface area contributed by atoms with E-state index >= 15 is 0 Å². The SMILES string of the molecule is Cn1nc(C(F)(F)C(F)(F)F)c(C(F)(F)F)c1C(=O)Nc1ccc(F)c(C(N)=O)c1. The number of hydrogen-bond acceptors (Lipinski definition) is 3. The summed E-state index contributed by atoms with van der Waals surface area (Å²) in [5.41, 5.74) is -3.38. The number of nitrogens with zero attached hydrogens (tertiary/aromatic N) is 2. The summed E-state index contributed by atoms with van der Waals surface area (Å²) in [5, 5.41) is 4.31. The fourth-order valence-electron chi connectivity index (χ4n) is 2.39. The molecule has 0 spiro atoms. The second-order valence-electron chi connectivity index (χ2n) is 5.78. The van der Waals surface area contributed by atoms with Gasteiger partial charge >= 0.3 is 18.3 Å². The highest BCUT2D eigenvalue weighted by molar-refractivity contribution is 6.05. The van der Waals surface area contributed by atoms with Crippen LogP contribution < -0.4 is 11.1 Å². The van der Waals surface area contributed by atoms with E-state index in [1.54, 1.807) is 5.32 Å². The van der Waals surface area contributed by atoms with E-state index in [1.807, 2.05) is 0 Å². The van der Waals surface area contributed by atoms with Crippen LogP contribution in [0.2, 0.25) is 0 Å². The minimum atomic E-state index is -6.43. The van der Waals surface area contributed by atoms with Gasteiger partial charge in [0.05, 0.1) is 5.56 Å². The fourth-order valence-corrected chi connectivity index (χ4v) is 2.39. The van der Waals surface area contributed by atoms with Crippen molar-refractivity contribution in [3.63, 3.8) is 0 Å². The molecule has 2 aromatic rings. The van der Waals surface area contributed by atoms with Gasteiger partial charge < -0.3 is 11.1 Å².